The Balaban J connectivity index is 1.94. The monoisotopic (exact) mass is 327 g/mol. The predicted octanol–water partition coefficient (Wildman–Crippen LogP) is 0.867. The summed E-state index contributed by atoms with van der Waals surface area (Å²) in [4.78, 5) is 17.2. The molecule has 22 heavy (non-hydrogen) atoms. The quantitative estimate of drug-likeness (QED) is 0.820. The Hall–Kier alpha value is -1.83. The molecule has 0 spiro atoms. The minimum absolute atomic E-state index is 0.0292. The molecule has 0 unspecified atom stereocenters. The number of likely N-dealkylation sites (tertiary alicyclic amines) is 1. The summed E-state index contributed by atoms with van der Waals surface area (Å²) in [5.74, 6) is 0.552. The summed E-state index contributed by atoms with van der Waals surface area (Å²) in [6.07, 6.45) is 4.18. The molecule has 122 valence electrons. The molecule has 1 fully saturated rings. The van der Waals surface area contributed by atoms with Crippen molar-refractivity contribution in [1.29, 1.82) is 0 Å². The standard InChI is InChI=1S/C14H21N3O4S/c1-11(18)17-8-6-13(7-9-17)21-14-5-4-12(10-15-14)16(2)22(3,19)20/h4-5,10,13H,6-9H2,1-3H3. The fourth-order valence-corrected chi connectivity index (χ4v) is 2.77. The van der Waals surface area contributed by atoms with Gasteiger partial charge in [0.05, 0.1) is 18.1 Å². The van der Waals surface area contributed by atoms with E-state index < -0.39 is 10.0 Å². The summed E-state index contributed by atoms with van der Waals surface area (Å²) < 4.78 is 29.9. The number of hydrogen-bond acceptors (Lipinski definition) is 5. The van der Waals surface area contributed by atoms with Gasteiger partial charge in [-0.25, -0.2) is 13.4 Å². The molecule has 8 heteroatoms. The Morgan fingerprint density at radius 3 is 2.45 bits per heavy atom. The molecule has 1 aromatic heterocycles. The van der Waals surface area contributed by atoms with E-state index in [0.29, 0.717) is 24.7 Å². The number of piperidine rings is 1. The van der Waals surface area contributed by atoms with Crippen LogP contribution in [0.3, 0.4) is 0 Å². The lowest BCUT2D eigenvalue weighted by atomic mass is 10.1. The Morgan fingerprint density at radius 1 is 1.36 bits per heavy atom. The van der Waals surface area contributed by atoms with Gasteiger partial charge in [-0.1, -0.05) is 0 Å². The summed E-state index contributed by atoms with van der Waals surface area (Å²) in [6.45, 7) is 2.95. The first-order valence-electron chi connectivity index (χ1n) is 7.09. The molecule has 1 aromatic rings. The molecule has 1 aliphatic rings. The fourth-order valence-electron chi connectivity index (χ4n) is 2.28. The average molecular weight is 327 g/mol. The maximum atomic E-state index is 11.5. The molecule has 7 nitrogen and oxygen atoms in total. The lowest BCUT2D eigenvalue weighted by molar-refractivity contribution is -0.130. The number of anilines is 1. The first kappa shape index (κ1) is 16.5. The van der Waals surface area contributed by atoms with Crippen molar-refractivity contribution < 1.29 is 17.9 Å². The van der Waals surface area contributed by atoms with Crippen LogP contribution in [0.2, 0.25) is 0 Å². The van der Waals surface area contributed by atoms with Crippen LogP contribution >= 0.6 is 0 Å². The van der Waals surface area contributed by atoms with Gasteiger partial charge in [0.25, 0.3) is 0 Å². The number of amides is 1. The maximum Gasteiger partial charge on any atom is 0.232 e. The van der Waals surface area contributed by atoms with Gasteiger partial charge in [0.1, 0.15) is 6.10 Å². The highest BCUT2D eigenvalue weighted by atomic mass is 32.2. The molecule has 1 amide bonds. The van der Waals surface area contributed by atoms with Crippen LogP contribution in [-0.2, 0) is 14.8 Å². The Kier molecular flexibility index (Phi) is 4.90. The van der Waals surface area contributed by atoms with Crippen LogP contribution in [0.5, 0.6) is 5.88 Å². The Bertz CT molecular complexity index is 622. The number of nitrogens with zero attached hydrogens (tertiary/aromatic N) is 3. The Morgan fingerprint density at radius 2 is 2.00 bits per heavy atom. The number of ether oxygens (including phenoxy) is 1. The van der Waals surface area contributed by atoms with Gasteiger partial charge in [-0.3, -0.25) is 9.10 Å². The largest absolute Gasteiger partial charge is 0.474 e. The van der Waals surface area contributed by atoms with Crippen LogP contribution in [0.25, 0.3) is 0 Å². The predicted molar refractivity (Wildman–Crippen MR) is 83.4 cm³/mol. The second-order valence-electron chi connectivity index (χ2n) is 5.41. The van der Waals surface area contributed by atoms with E-state index in [1.807, 2.05) is 0 Å². The molecule has 2 heterocycles. The number of pyridine rings is 1. The van der Waals surface area contributed by atoms with Gasteiger partial charge < -0.3 is 9.64 Å². The first-order chi connectivity index (χ1) is 10.3. The SMILES string of the molecule is CC(=O)N1CCC(Oc2ccc(N(C)S(C)(=O)=O)cn2)CC1. The third kappa shape index (κ3) is 4.09. The van der Waals surface area contributed by atoms with Crippen molar-refractivity contribution in [2.75, 3.05) is 30.7 Å². The molecule has 0 bridgehead atoms. The molecule has 0 radical (unpaired) electrons. The van der Waals surface area contributed by atoms with E-state index in [9.17, 15) is 13.2 Å². The zero-order valence-corrected chi connectivity index (χ0v) is 13.8. The average Bonchev–Trinajstić information content (AvgIpc) is 2.47. The third-order valence-corrected chi connectivity index (χ3v) is 4.96. The molecule has 0 N–H and O–H groups in total. The number of carbonyl (C=O) groups excluding carboxylic acids is 1. The van der Waals surface area contributed by atoms with Gasteiger partial charge in [-0.15, -0.1) is 0 Å². The summed E-state index contributed by atoms with van der Waals surface area (Å²) in [5, 5.41) is 0. The smallest absolute Gasteiger partial charge is 0.232 e. The van der Waals surface area contributed by atoms with Gasteiger partial charge in [0, 0.05) is 46.0 Å². The zero-order chi connectivity index (χ0) is 16.3. The minimum atomic E-state index is -3.30. The van der Waals surface area contributed by atoms with Crippen LogP contribution in [0, 0.1) is 0 Å². The molecule has 0 saturated carbocycles. The fraction of sp³-hybridized carbons (Fsp3) is 0.571. The van der Waals surface area contributed by atoms with E-state index in [1.165, 1.54) is 13.2 Å². The van der Waals surface area contributed by atoms with E-state index in [0.717, 1.165) is 23.4 Å². The molecule has 1 aliphatic heterocycles. The minimum Gasteiger partial charge on any atom is -0.474 e. The van der Waals surface area contributed by atoms with Crippen LogP contribution in [-0.4, -0.2) is 56.7 Å². The van der Waals surface area contributed by atoms with Crippen LogP contribution < -0.4 is 9.04 Å². The number of hydrogen-bond donors (Lipinski definition) is 0. The van der Waals surface area contributed by atoms with Crippen LogP contribution in [0.4, 0.5) is 5.69 Å². The molecule has 0 aliphatic carbocycles. The van der Waals surface area contributed by atoms with Crippen molar-refractivity contribution in [3.8, 4) is 5.88 Å². The third-order valence-electron chi connectivity index (χ3n) is 3.76. The van der Waals surface area contributed by atoms with Gasteiger partial charge in [0.2, 0.25) is 21.8 Å². The van der Waals surface area contributed by atoms with Crippen molar-refractivity contribution in [2.45, 2.75) is 25.9 Å². The molecular formula is C14H21N3O4S. The normalized spacial score (nSPS) is 16.4. The summed E-state index contributed by atoms with van der Waals surface area (Å²) in [5.41, 5.74) is 0.487. The van der Waals surface area contributed by atoms with Crippen molar-refractivity contribution in [1.82, 2.24) is 9.88 Å². The molecular weight excluding hydrogens is 306 g/mol. The van der Waals surface area contributed by atoms with E-state index in [-0.39, 0.29) is 12.0 Å². The van der Waals surface area contributed by atoms with Gasteiger partial charge in [-0.2, -0.15) is 0 Å². The highest BCUT2D eigenvalue weighted by Crippen LogP contribution is 2.20. The summed E-state index contributed by atoms with van der Waals surface area (Å²) in [7, 11) is -1.82. The number of sulfonamides is 1. The second-order valence-corrected chi connectivity index (χ2v) is 7.42. The molecule has 0 aromatic carbocycles. The second kappa shape index (κ2) is 6.51. The van der Waals surface area contributed by atoms with Crippen LogP contribution in [0.15, 0.2) is 18.3 Å². The van der Waals surface area contributed by atoms with Gasteiger partial charge in [-0.05, 0) is 6.07 Å². The van der Waals surface area contributed by atoms with E-state index in [2.05, 4.69) is 4.98 Å². The molecule has 0 atom stereocenters. The number of carbonyl (C=O) groups is 1. The van der Waals surface area contributed by atoms with Crippen molar-refractivity contribution in [3.05, 3.63) is 18.3 Å². The van der Waals surface area contributed by atoms with Gasteiger partial charge >= 0.3 is 0 Å². The van der Waals surface area contributed by atoms with E-state index in [1.54, 1.807) is 24.0 Å². The van der Waals surface area contributed by atoms with Crippen molar-refractivity contribution in [3.63, 3.8) is 0 Å². The summed E-state index contributed by atoms with van der Waals surface area (Å²) in [6, 6.07) is 3.32. The topological polar surface area (TPSA) is 79.8 Å². The first-order valence-corrected chi connectivity index (χ1v) is 8.94. The highest BCUT2D eigenvalue weighted by Gasteiger charge is 2.22. The Labute approximate surface area is 130 Å². The van der Waals surface area contributed by atoms with Gasteiger partial charge in [0.15, 0.2) is 0 Å². The van der Waals surface area contributed by atoms with Crippen molar-refractivity contribution in [2.24, 2.45) is 0 Å². The molecule has 2 rings (SSSR count). The highest BCUT2D eigenvalue weighted by molar-refractivity contribution is 7.92. The number of aromatic nitrogens is 1. The van der Waals surface area contributed by atoms with E-state index >= 15 is 0 Å². The van der Waals surface area contributed by atoms with Crippen LogP contribution in [0.1, 0.15) is 19.8 Å². The van der Waals surface area contributed by atoms with E-state index in [4.69, 9.17) is 4.74 Å². The maximum absolute atomic E-state index is 11.5. The molecule has 1 saturated heterocycles. The summed E-state index contributed by atoms with van der Waals surface area (Å²) >= 11 is 0. The lowest BCUT2D eigenvalue weighted by Gasteiger charge is -2.31. The lowest BCUT2D eigenvalue weighted by Crippen LogP contribution is -2.40. The zero-order valence-electron chi connectivity index (χ0n) is 13.0. The van der Waals surface area contributed by atoms with Crippen molar-refractivity contribution >= 4 is 21.6 Å². The number of rotatable bonds is 4.